The zero-order chi connectivity index (χ0) is 26.4. The molecule has 0 saturated carbocycles. The van der Waals surface area contributed by atoms with E-state index in [-0.39, 0.29) is 32.2 Å². The summed E-state index contributed by atoms with van der Waals surface area (Å²) in [6.07, 6.45) is -0.0538. The van der Waals surface area contributed by atoms with Crippen molar-refractivity contribution < 1.29 is 29.0 Å². The standard InChI is InChI=1S/C29H34N2O6/c1-28(2,3)37-27(35)31-16-19-15-30(14-8-13-29(19,18-31)25(32)33)26(34)36-17-24-22-11-6-4-9-20(22)21-10-5-7-12-23(21)24/h4-7,9-12,19,24H,8,13-18H2,1-3H3,(H,32,33)/t19-,29+/m1/s1. The molecule has 37 heavy (non-hydrogen) atoms. The topological polar surface area (TPSA) is 96.4 Å². The molecule has 2 amide bonds. The molecule has 0 bridgehead atoms. The zero-order valence-corrected chi connectivity index (χ0v) is 21.6. The van der Waals surface area contributed by atoms with Crippen molar-refractivity contribution in [3.05, 3.63) is 59.7 Å². The molecule has 2 heterocycles. The monoisotopic (exact) mass is 506 g/mol. The van der Waals surface area contributed by atoms with Crippen LogP contribution in [-0.2, 0) is 14.3 Å². The number of hydrogen-bond acceptors (Lipinski definition) is 5. The zero-order valence-electron chi connectivity index (χ0n) is 21.6. The fourth-order valence-electron chi connectivity index (χ4n) is 6.10. The number of carboxylic acids is 1. The number of hydrogen-bond donors (Lipinski definition) is 1. The van der Waals surface area contributed by atoms with Gasteiger partial charge in [-0.25, -0.2) is 9.59 Å². The van der Waals surface area contributed by atoms with Gasteiger partial charge in [0.25, 0.3) is 0 Å². The van der Waals surface area contributed by atoms with Crippen LogP contribution in [0.25, 0.3) is 11.1 Å². The fourth-order valence-corrected chi connectivity index (χ4v) is 6.10. The van der Waals surface area contributed by atoms with Crippen LogP contribution in [0.1, 0.15) is 50.7 Å². The summed E-state index contributed by atoms with van der Waals surface area (Å²) in [7, 11) is 0. The summed E-state index contributed by atoms with van der Waals surface area (Å²) in [5, 5.41) is 10.2. The molecule has 3 aliphatic rings. The van der Waals surface area contributed by atoms with Crippen LogP contribution in [0.2, 0.25) is 0 Å². The Bertz CT molecular complexity index is 1180. The van der Waals surface area contributed by atoms with Gasteiger partial charge in [0.15, 0.2) is 0 Å². The van der Waals surface area contributed by atoms with E-state index in [9.17, 15) is 19.5 Å². The molecule has 8 nitrogen and oxygen atoms in total. The number of carboxylic acid groups (broad SMARTS) is 1. The first-order chi connectivity index (χ1) is 17.6. The minimum absolute atomic E-state index is 0.0458. The maximum absolute atomic E-state index is 13.2. The number of aliphatic carboxylic acids is 1. The smallest absolute Gasteiger partial charge is 0.410 e. The Balaban J connectivity index is 1.29. The van der Waals surface area contributed by atoms with E-state index >= 15 is 0 Å². The molecule has 2 aliphatic heterocycles. The van der Waals surface area contributed by atoms with Gasteiger partial charge in [-0.3, -0.25) is 4.79 Å². The highest BCUT2D eigenvalue weighted by Gasteiger charge is 2.55. The van der Waals surface area contributed by atoms with Crippen LogP contribution in [0.4, 0.5) is 9.59 Å². The lowest BCUT2D eigenvalue weighted by atomic mass is 9.75. The molecule has 0 spiro atoms. The Labute approximate surface area is 217 Å². The van der Waals surface area contributed by atoms with Crippen molar-refractivity contribution in [1.82, 2.24) is 9.80 Å². The molecule has 2 aromatic rings. The van der Waals surface area contributed by atoms with Crippen molar-refractivity contribution in [2.45, 2.75) is 45.1 Å². The molecule has 196 valence electrons. The van der Waals surface area contributed by atoms with E-state index in [0.29, 0.717) is 19.4 Å². The molecule has 2 atom stereocenters. The van der Waals surface area contributed by atoms with Crippen molar-refractivity contribution in [2.75, 3.05) is 32.8 Å². The van der Waals surface area contributed by atoms with Crippen LogP contribution in [0.15, 0.2) is 48.5 Å². The van der Waals surface area contributed by atoms with E-state index in [1.165, 1.54) is 4.90 Å². The van der Waals surface area contributed by atoms with E-state index in [4.69, 9.17) is 9.47 Å². The Morgan fingerprint density at radius 1 is 0.946 bits per heavy atom. The number of nitrogens with zero attached hydrogens (tertiary/aromatic N) is 2. The molecule has 0 unspecified atom stereocenters. The average molecular weight is 507 g/mol. The highest BCUT2D eigenvalue weighted by Crippen LogP contribution is 2.45. The molecule has 2 saturated heterocycles. The van der Waals surface area contributed by atoms with Crippen molar-refractivity contribution in [3.8, 4) is 11.1 Å². The number of rotatable bonds is 3. The minimum Gasteiger partial charge on any atom is -0.481 e. The summed E-state index contributed by atoms with van der Waals surface area (Å²) in [5.41, 5.74) is 2.82. The van der Waals surface area contributed by atoms with Crippen molar-refractivity contribution in [2.24, 2.45) is 11.3 Å². The maximum atomic E-state index is 13.2. The first-order valence-electron chi connectivity index (χ1n) is 12.9. The maximum Gasteiger partial charge on any atom is 0.410 e. The van der Waals surface area contributed by atoms with Gasteiger partial charge in [-0.15, -0.1) is 0 Å². The fraction of sp³-hybridized carbons (Fsp3) is 0.483. The first-order valence-corrected chi connectivity index (χ1v) is 12.9. The summed E-state index contributed by atoms with van der Waals surface area (Å²) < 4.78 is 11.4. The van der Waals surface area contributed by atoms with E-state index in [2.05, 4.69) is 24.3 Å². The van der Waals surface area contributed by atoms with Crippen molar-refractivity contribution in [1.29, 1.82) is 0 Å². The van der Waals surface area contributed by atoms with Crippen LogP contribution < -0.4 is 0 Å². The van der Waals surface area contributed by atoms with Gasteiger partial charge in [0.1, 0.15) is 12.2 Å². The molecular weight excluding hydrogens is 472 g/mol. The van der Waals surface area contributed by atoms with Gasteiger partial charge in [0.05, 0.1) is 5.41 Å². The van der Waals surface area contributed by atoms with Gasteiger partial charge in [0, 0.05) is 38.0 Å². The van der Waals surface area contributed by atoms with Crippen molar-refractivity contribution in [3.63, 3.8) is 0 Å². The number of ether oxygens (including phenoxy) is 2. The lowest BCUT2D eigenvalue weighted by Gasteiger charge is -2.29. The SMILES string of the molecule is CC(C)(C)OC(=O)N1C[C@H]2CN(C(=O)OCC3c4ccccc4-c4ccccc43)CCC[C@]2(C(=O)O)C1. The molecule has 0 aromatic heterocycles. The second-order valence-corrected chi connectivity index (χ2v) is 11.4. The summed E-state index contributed by atoms with van der Waals surface area (Å²) in [4.78, 5) is 41.5. The number of carbonyl (C=O) groups is 3. The number of carbonyl (C=O) groups excluding carboxylic acids is 2. The number of benzene rings is 2. The summed E-state index contributed by atoms with van der Waals surface area (Å²) >= 11 is 0. The third-order valence-corrected chi connectivity index (χ3v) is 7.86. The highest BCUT2D eigenvalue weighted by molar-refractivity contribution is 5.80. The van der Waals surface area contributed by atoms with Gasteiger partial charge in [-0.05, 0) is 55.9 Å². The van der Waals surface area contributed by atoms with Crippen LogP contribution in [-0.4, -0.2) is 71.4 Å². The molecular formula is C29H34N2O6. The second kappa shape index (κ2) is 9.39. The Morgan fingerprint density at radius 3 is 2.14 bits per heavy atom. The summed E-state index contributed by atoms with van der Waals surface area (Å²) in [6.45, 7) is 6.52. The van der Waals surface area contributed by atoms with E-state index in [0.717, 1.165) is 22.3 Å². The predicted octanol–water partition coefficient (Wildman–Crippen LogP) is 4.97. The van der Waals surface area contributed by atoms with Crippen LogP contribution in [0, 0.1) is 11.3 Å². The lowest BCUT2D eigenvalue weighted by Crippen LogP contribution is -2.43. The predicted molar refractivity (Wildman–Crippen MR) is 137 cm³/mol. The third kappa shape index (κ3) is 4.65. The molecule has 1 aliphatic carbocycles. The van der Waals surface area contributed by atoms with Crippen LogP contribution in [0.3, 0.4) is 0 Å². The molecule has 1 N–H and O–H groups in total. The Hall–Kier alpha value is -3.55. The van der Waals surface area contributed by atoms with Crippen LogP contribution in [0.5, 0.6) is 0 Å². The van der Waals surface area contributed by atoms with Gasteiger partial charge >= 0.3 is 18.2 Å². The largest absolute Gasteiger partial charge is 0.481 e. The minimum atomic E-state index is -1.10. The number of fused-ring (bicyclic) bond motifs is 4. The van der Waals surface area contributed by atoms with E-state index < -0.39 is 35.1 Å². The highest BCUT2D eigenvalue weighted by atomic mass is 16.6. The molecule has 2 aromatic carbocycles. The third-order valence-electron chi connectivity index (χ3n) is 7.86. The van der Waals surface area contributed by atoms with E-state index in [1.807, 2.05) is 24.3 Å². The quantitative estimate of drug-likeness (QED) is 0.632. The second-order valence-electron chi connectivity index (χ2n) is 11.4. The molecule has 8 heteroatoms. The Kier molecular flexibility index (Phi) is 6.38. The first kappa shape index (κ1) is 25.1. The summed E-state index contributed by atoms with van der Waals surface area (Å²) in [6, 6.07) is 16.3. The van der Waals surface area contributed by atoms with Crippen molar-refractivity contribution >= 4 is 18.2 Å². The molecule has 5 rings (SSSR count). The van der Waals surface area contributed by atoms with E-state index in [1.54, 1.807) is 25.7 Å². The number of likely N-dealkylation sites (tertiary alicyclic amines) is 2. The van der Waals surface area contributed by atoms with Gasteiger partial charge in [0.2, 0.25) is 0 Å². The van der Waals surface area contributed by atoms with Gasteiger partial charge < -0.3 is 24.4 Å². The number of amides is 2. The normalized spacial score (nSPS) is 23.1. The van der Waals surface area contributed by atoms with Crippen LogP contribution >= 0.6 is 0 Å². The average Bonchev–Trinajstić information content (AvgIpc) is 3.31. The summed E-state index contributed by atoms with van der Waals surface area (Å²) in [5.74, 6) is -1.38. The van der Waals surface area contributed by atoms with Gasteiger partial charge in [-0.2, -0.15) is 0 Å². The molecule has 0 radical (unpaired) electrons. The Morgan fingerprint density at radius 2 is 1.54 bits per heavy atom. The molecule has 2 fully saturated rings. The van der Waals surface area contributed by atoms with Gasteiger partial charge in [-0.1, -0.05) is 48.5 Å². The lowest BCUT2D eigenvalue weighted by molar-refractivity contribution is -0.150.